The molecule has 1 N–H and O–H groups in total. The van der Waals surface area contributed by atoms with Crippen molar-refractivity contribution < 1.29 is 9.18 Å². The molecular weight excluding hydrogens is 291 g/mol. The number of hydrogen-bond acceptors (Lipinski definition) is 4. The van der Waals surface area contributed by atoms with Crippen molar-refractivity contribution in [2.24, 2.45) is 0 Å². The number of halogens is 1. The van der Waals surface area contributed by atoms with Crippen LogP contribution >= 0.6 is 11.8 Å². The number of benzene rings is 1. The topological polar surface area (TPSA) is 70.7 Å². The Morgan fingerprint density at radius 2 is 2.14 bits per heavy atom. The van der Waals surface area contributed by atoms with Gasteiger partial charge in [0.05, 0.1) is 12.3 Å². The van der Waals surface area contributed by atoms with Crippen molar-refractivity contribution in [3.05, 3.63) is 42.0 Å². The monoisotopic (exact) mass is 304 g/mol. The van der Waals surface area contributed by atoms with Gasteiger partial charge in [-0.15, -0.1) is 0 Å². The van der Waals surface area contributed by atoms with Crippen LogP contribution in [0.4, 0.5) is 4.39 Å². The van der Waals surface area contributed by atoms with Crippen molar-refractivity contribution in [3.63, 3.8) is 0 Å². The summed E-state index contributed by atoms with van der Waals surface area (Å²) in [6.45, 7) is 1.59. The van der Waals surface area contributed by atoms with Crippen LogP contribution in [0.3, 0.4) is 0 Å². The van der Waals surface area contributed by atoms with Gasteiger partial charge < -0.3 is 5.32 Å². The van der Waals surface area contributed by atoms with E-state index in [2.05, 4.69) is 10.3 Å². The van der Waals surface area contributed by atoms with Gasteiger partial charge in [0.1, 0.15) is 17.6 Å². The zero-order valence-electron chi connectivity index (χ0n) is 11.5. The fourth-order valence-corrected chi connectivity index (χ4v) is 2.33. The molecule has 0 aliphatic rings. The molecule has 2 rings (SSSR count). The molecule has 1 heterocycles. The largest absolute Gasteiger partial charge is 0.335 e. The van der Waals surface area contributed by atoms with Crippen LogP contribution in [0.2, 0.25) is 0 Å². The molecule has 0 spiro atoms. The van der Waals surface area contributed by atoms with E-state index in [0.29, 0.717) is 16.5 Å². The van der Waals surface area contributed by atoms with Crippen LogP contribution in [0.15, 0.2) is 35.6 Å². The Bertz CT molecular complexity index is 690. The molecule has 5 nitrogen and oxygen atoms in total. The summed E-state index contributed by atoms with van der Waals surface area (Å²) in [7, 11) is 0. The number of nitriles is 1. The number of thioether (sulfide) groups is 1. The number of amides is 1. The third-order valence-electron chi connectivity index (χ3n) is 2.77. The molecule has 1 unspecified atom stereocenters. The highest BCUT2D eigenvalue weighted by molar-refractivity contribution is 7.98. The normalized spacial score (nSPS) is 11.7. The number of carbonyl (C=O) groups is 1. The molecule has 7 heteroatoms. The summed E-state index contributed by atoms with van der Waals surface area (Å²) >= 11 is 1.37. The molecular formula is C14H13FN4OS. The highest BCUT2D eigenvalue weighted by Crippen LogP contribution is 2.22. The third-order valence-corrected chi connectivity index (χ3v) is 3.42. The van der Waals surface area contributed by atoms with E-state index >= 15 is 0 Å². The highest BCUT2D eigenvalue weighted by Gasteiger charge is 2.18. The molecule has 0 bridgehead atoms. The first-order chi connectivity index (χ1) is 10.1. The van der Waals surface area contributed by atoms with E-state index in [-0.39, 0.29) is 5.82 Å². The van der Waals surface area contributed by atoms with Crippen molar-refractivity contribution in [1.82, 2.24) is 14.9 Å². The Labute approximate surface area is 125 Å². The minimum Gasteiger partial charge on any atom is -0.335 e. The van der Waals surface area contributed by atoms with E-state index in [4.69, 9.17) is 5.26 Å². The van der Waals surface area contributed by atoms with Crippen LogP contribution in [-0.2, 0) is 0 Å². The minimum atomic E-state index is -0.605. The summed E-state index contributed by atoms with van der Waals surface area (Å²) in [6.07, 6.45) is 3.27. The molecule has 108 valence electrons. The third kappa shape index (κ3) is 3.23. The average molecular weight is 304 g/mol. The Kier molecular flexibility index (Phi) is 4.60. The maximum Gasteiger partial charge on any atom is 0.270 e. The maximum atomic E-state index is 13.0. The van der Waals surface area contributed by atoms with Crippen molar-refractivity contribution in [1.29, 1.82) is 5.26 Å². The van der Waals surface area contributed by atoms with E-state index in [1.807, 2.05) is 12.3 Å². The summed E-state index contributed by atoms with van der Waals surface area (Å²) in [5.74, 6) is -0.755. The number of rotatable bonds is 4. The summed E-state index contributed by atoms with van der Waals surface area (Å²) in [6, 6.07) is 7.11. The summed E-state index contributed by atoms with van der Waals surface area (Å²) in [4.78, 5) is 16.4. The van der Waals surface area contributed by atoms with Gasteiger partial charge in [0, 0.05) is 5.69 Å². The van der Waals surface area contributed by atoms with Crippen LogP contribution < -0.4 is 5.32 Å². The highest BCUT2D eigenvalue weighted by atomic mass is 32.2. The first-order valence-corrected chi connectivity index (χ1v) is 7.37. The minimum absolute atomic E-state index is 0.299. The predicted molar refractivity (Wildman–Crippen MR) is 77.8 cm³/mol. The smallest absolute Gasteiger partial charge is 0.270 e. The fourth-order valence-electron chi connectivity index (χ4n) is 1.78. The number of hydrogen-bond donors (Lipinski definition) is 1. The molecule has 0 fully saturated rings. The van der Waals surface area contributed by atoms with Crippen molar-refractivity contribution >= 4 is 17.7 Å². The number of nitrogens with one attached hydrogen (secondary N) is 1. The first-order valence-electron chi connectivity index (χ1n) is 6.15. The maximum absolute atomic E-state index is 13.0. The van der Waals surface area contributed by atoms with E-state index in [0.717, 1.165) is 0 Å². The van der Waals surface area contributed by atoms with E-state index in [1.54, 1.807) is 23.6 Å². The second-order valence-corrected chi connectivity index (χ2v) is 5.04. The number of aromatic nitrogens is 2. The summed E-state index contributed by atoms with van der Waals surface area (Å²) in [5.41, 5.74) is 0.932. The van der Waals surface area contributed by atoms with Crippen LogP contribution in [0.25, 0.3) is 5.69 Å². The molecule has 1 atom stereocenters. The van der Waals surface area contributed by atoms with Crippen LogP contribution in [0.5, 0.6) is 0 Å². The van der Waals surface area contributed by atoms with Crippen LogP contribution in [-0.4, -0.2) is 27.8 Å². The molecule has 21 heavy (non-hydrogen) atoms. The molecule has 0 aliphatic carbocycles. The van der Waals surface area contributed by atoms with Crippen LogP contribution in [0.1, 0.15) is 17.4 Å². The van der Waals surface area contributed by atoms with Crippen molar-refractivity contribution in [2.75, 3.05) is 6.26 Å². The Morgan fingerprint density at radius 1 is 1.48 bits per heavy atom. The number of carbonyl (C=O) groups excluding carboxylic acids is 1. The average Bonchev–Trinajstić information content (AvgIpc) is 2.91. The molecule has 0 radical (unpaired) electrons. The molecule has 1 aromatic carbocycles. The zero-order chi connectivity index (χ0) is 15.4. The molecule has 2 aromatic rings. The zero-order valence-corrected chi connectivity index (χ0v) is 12.3. The Balaban J connectivity index is 2.44. The Morgan fingerprint density at radius 3 is 2.71 bits per heavy atom. The second kappa shape index (κ2) is 6.41. The lowest BCUT2D eigenvalue weighted by Crippen LogP contribution is -2.32. The van der Waals surface area contributed by atoms with Gasteiger partial charge in [-0.05, 0) is 37.4 Å². The number of nitrogens with zero attached hydrogens (tertiary/aromatic N) is 3. The van der Waals surface area contributed by atoms with Gasteiger partial charge in [0.25, 0.3) is 5.91 Å². The summed E-state index contributed by atoms with van der Waals surface area (Å²) < 4.78 is 14.7. The molecule has 0 saturated heterocycles. The predicted octanol–water partition coefficient (Wildman–Crippen LogP) is 2.38. The summed E-state index contributed by atoms with van der Waals surface area (Å²) in [5, 5.41) is 11.9. The lowest BCUT2D eigenvalue weighted by Gasteiger charge is -2.12. The lowest BCUT2D eigenvalue weighted by molar-refractivity contribution is 0.0940. The lowest BCUT2D eigenvalue weighted by atomic mass is 10.3. The quantitative estimate of drug-likeness (QED) is 0.880. The molecule has 1 amide bonds. The molecule has 0 aliphatic heterocycles. The van der Waals surface area contributed by atoms with Gasteiger partial charge in [0.15, 0.2) is 5.16 Å². The molecule has 1 aromatic heterocycles. The van der Waals surface area contributed by atoms with Crippen molar-refractivity contribution in [2.45, 2.75) is 18.1 Å². The van der Waals surface area contributed by atoms with Gasteiger partial charge in [-0.2, -0.15) is 5.26 Å². The standard InChI is InChI=1S/C14H13FN4OS/c1-9(7-16)18-13(20)12-8-17-14(21-2)19(12)11-5-3-10(15)4-6-11/h3-6,8-9H,1-2H3,(H,18,20). The van der Waals surface area contributed by atoms with Gasteiger partial charge in [-0.1, -0.05) is 11.8 Å². The second-order valence-electron chi connectivity index (χ2n) is 4.27. The van der Waals surface area contributed by atoms with Crippen molar-refractivity contribution in [3.8, 4) is 11.8 Å². The van der Waals surface area contributed by atoms with Gasteiger partial charge in [-0.25, -0.2) is 9.37 Å². The van der Waals surface area contributed by atoms with Gasteiger partial charge in [-0.3, -0.25) is 9.36 Å². The first kappa shape index (κ1) is 15.1. The van der Waals surface area contributed by atoms with Gasteiger partial charge >= 0.3 is 0 Å². The SMILES string of the molecule is CSc1ncc(C(=O)NC(C)C#N)n1-c1ccc(F)cc1. The Hall–Kier alpha value is -2.33. The van der Waals surface area contributed by atoms with Crippen LogP contribution in [0, 0.1) is 17.1 Å². The fraction of sp³-hybridized carbons (Fsp3) is 0.214. The molecule has 0 saturated carbocycles. The van der Waals surface area contributed by atoms with E-state index < -0.39 is 11.9 Å². The van der Waals surface area contributed by atoms with E-state index in [1.165, 1.54) is 30.1 Å². The number of imidazole rings is 1. The van der Waals surface area contributed by atoms with Gasteiger partial charge in [0.2, 0.25) is 0 Å². The van der Waals surface area contributed by atoms with E-state index in [9.17, 15) is 9.18 Å².